The molecule has 1 aliphatic rings. The molecule has 0 saturated heterocycles. The van der Waals surface area contributed by atoms with Gasteiger partial charge in [0.25, 0.3) is 0 Å². The fourth-order valence-electron chi connectivity index (χ4n) is 0.894. The Morgan fingerprint density at radius 2 is 2.00 bits per heavy atom. The molecule has 0 aliphatic heterocycles. The molecule has 4 heteroatoms. The minimum absolute atomic E-state index is 0.0394. The van der Waals surface area contributed by atoms with Crippen LogP contribution in [0.3, 0.4) is 0 Å². The lowest BCUT2D eigenvalue weighted by Crippen LogP contribution is -2.53. The van der Waals surface area contributed by atoms with Gasteiger partial charge in [-0.3, -0.25) is 0 Å². The molecule has 52 valence electrons. The zero-order chi connectivity index (χ0) is 7.07. The maximum Gasteiger partial charge on any atom is 0.335 e. The van der Waals surface area contributed by atoms with Gasteiger partial charge in [0.15, 0.2) is 5.60 Å². The van der Waals surface area contributed by atoms with E-state index in [2.05, 4.69) is 0 Å². The molecule has 0 bridgehead atoms. The maximum absolute atomic E-state index is 10.1. The summed E-state index contributed by atoms with van der Waals surface area (Å²) in [5.41, 5.74) is -1.64. The lowest BCUT2D eigenvalue weighted by Gasteiger charge is -2.36. The monoisotopic (exact) mass is 132 g/mol. The smallest absolute Gasteiger partial charge is 0.335 e. The summed E-state index contributed by atoms with van der Waals surface area (Å²) in [5, 5.41) is 25.8. The number of hydrogen-bond donors (Lipinski definition) is 3. The highest BCUT2D eigenvalue weighted by molar-refractivity contribution is 5.78. The molecule has 3 N–H and O–H groups in total. The van der Waals surface area contributed by atoms with Crippen LogP contribution >= 0.6 is 0 Å². The number of aliphatic hydroxyl groups is 2. The molecule has 0 amide bonds. The van der Waals surface area contributed by atoms with E-state index in [4.69, 9.17) is 15.3 Å². The summed E-state index contributed by atoms with van der Waals surface area (Å²) in [5.74, 6) is -1.24. The van der Waals surface area contributed by atoms with E-state index in [1.54, 1.807) is 0 Å². The summed E-state index contributed by atoms with van der Waals surface area (Å²) in [7, 11) is 0. The van der Waals surface area contributed by atoms with Crippen LogP contribution in [-0.4, -0.2) is 33.0 Å². The highest BCUT2D eigenvalue weighted by Gasteiger charge is 2.48. The number of rotatable bonds is 1. The van der Waals surface area contributed by atoms with Crippen molar-refractivity contribution in [1.29, 1.82) is 0 Å². The van der Waals surface area contributed by atoms with Gasteiger partial charge in [-0.2, -0.15) is 0 Å². The Kier molecular flexibility index (Phi) is 1.22. The van der Waals surface area contributed by atoms with E-state index < -0.39 is 17.7 Å². The van der Waals surface area contributed by atoms with E-state index in [1.165, 1.54) is 0 Å². The maximum atomic E-state index is 10.1. The standard InChI is InChI=1S/C5H8O4/c6-3-1-5(9,2-3)4(7)8/h3,6,9H,1-2H2,(H,7,8). The molecule has 1 rings (SSSR count). The normalized spacial score (nSPS) is 41.8. The fourth-order valence-corrected chi connectivity index (χ4v) is 0.894. The van der Waals surface area contributed by atoms with E-state index in [0.29, 0.717) is 0 Å². The van der Waals surface area contributed by atoms with Crippen molar-refractivity contribution in [3.8, 4) is 0 Å². The quantitative estimate of drug-likeness (QED) is 0.425. The van der Waals surface area contributed by atoms with Crippen LogP contribution in [0, 0.1) is 0 Å². The van der Waals surface area contributed by atoms with Crippen molar-refractivity contribution >= 4 is 5.97 Å². The van der Waals surface area contributed by atoms with Gasteiger partial charge in [0, 0.05) is 12.8 Å². The number of carboxylic acids is 1. The average Bonchev–Trinajstić information content (AvgIpc) is 1.62. The third-order valence-electron chi connectivity index (χ3n) is 1.54. The first-order chi connectivity index (χ1) is 4.04. The van der Waals surface area contributed by atoms with Crippen molar-refractivity contribution < 1.29 is 20.1 Å². The van der Waals surface area contributed by atoms with Crippen molar-refractivity contribution in [1.82, 2.24) is 0 Å². The van der Waals surface area contributed by atoms with Gasteiger partial charge in [-0.1, -0.05) is 0 Å². The van der Waals surface area contributed by atoms with Crippen molar-refractivity contribution in [2.75, 3.05) is 0 Å². The second-order valence-corrected chi connectivity index (χ2v) is 2.40. The van der Waals surface area contributed by atoms with Crippen molar-refractivity contribution in [3.05, 3.63) is 0 Å². The van der Waals surface area contributed by atoms with E-state index >= 15 is 0 Å². The summed E-state index contributed by atoms with van der Waals surface area (Å²) in [4.78, 5) is 10.1. The zero-order valence-corrected chi connectivity index (χ0v) is 4.74. The van der Waals surface area contributed by atoms with Crippen molar-refractivity contribution in [3.63, 3.8) is 0 Å². The van der Waals surface area contributed by atoms with Gasteiger partial charge < -0.3 is 15.3 Å². The first kappa shape index (κ1) is 6.51. The molecule has 0 aromatic carbocycles. The topological polar surface area (TPSA) is 77.8 Å². The highest BCUT2D eigenvalue weighted by Crippen LogP contribution is 2.31. The second-order valence-electron chi connectivity index (χ2n) is 2.40. The lowest BCUT2D eigenvalue weighted by atomic mass is 9.78. The molecule has 9 heavy (non-hydrogen) atoms. The van der Waals surface area contributed by atoms with Crippen LogP contribution in [-0.2, 0) is 4.79 Å². The van der Waals surface area contributed by atoms with Crippen LogP contribution in [0.1, 0.15) is 12.8 Å². The third-order valence-corrected chi connectivity index (χ3v) is 1.54. The van der Waals surface area contributed by atoms with E-state index in [-0.39, 0.29) is 12.8 Å². The van der Waals surface area contributed by atoms with Crippen LogP contribution in [0.15, 0.2) is 0 Å². The van der Waals surface area contributed by atoms with Gasteiger partial charge in [0.2, 0.25) is 0 Å². The third kappa shape index (κ3) is 0.906. The highest BCUT2D eigenvalue weighted by atomic mass is 16.4. The van der Waals surface area contributed by atoms with Crippen LogP contribution in [0.2, 0.25) is 0 Å². The van der Waals surface area contributed by atoms with Crippen LogP contribution in [0.25, 0.3) is 0 Å². The number of hydrogen-bond acceptors (Lipinski definition) is 3. The summed E-state index contributed by atoms with van der Waals surface area (Å²) in [6, 6.07) is 0. The summed E-state index contributed by atoms with van der Waals surface area (Å²) in [6.07, 6.45) is -0.712. The average molecular weight is 132 g/mol. The molecule has 1 aliphatic carbocycles. The largest absolute Gasteiger partial charge is 0.479 e. The molecule has 0 atom stereocenters. The number of carbonyl (C=O) groups is 1. The molecule has 4 nitrogen and oxygen atoms in total. The minimum atomic E-state index is -1.64. The lowest BCUT2D eigenvalue weighted by molar-refractivity contribution is -0.181. The molecule has 0 aromatic rings. The summed E-state index contributed by atoms with van der Waals surface area (Å²) in [6.45, 7) is 0. The molecule has 0 unspecified atom stereocenters. The fraction of sp³-hybridized carbons (Fsp3) is 0.800. The van der Waals surface area contributed by atoms with E-state index in [1.807, 2.05) is 0 Å². The van der Waals surface area contributed by atoms with E-state index in [9.17, 15) is 4.79 Å². The second kappa shape index (κ2) is 1.68. The Labute approximate surface area is 51.7 Å². The van der Waals surface area contributed by atoms with Gasteiger partial charge in [0.05, 0.1) is 6.10 Å². The summed E-state index contributed by atoms with van der Waals surface area (Å²) < 4.78 is 0. The van der Waals surface area contributed by atoms with Crippen LogP contribution in [0.5, 0.6) is 0 Å². The van der Waals surface area contributed by atoms with Crippen molar-refractivity contribution in [2.45, 2.75) is 24.5 Å². The van der Waals surface area contributed by atoms with Crippen LogP contribution < -0.4 is 0 Å². The molecule has 1 fully saturated rings. The van der Waals surface area contributed by atoms with Gasteiger partial charge in [0.1, 0.15) is 0 Å². The number of aliphatic hydroxyl groups excluding tert-OH is 1. The van der Waals surface area contributed by atoms with Crippen LogP contribution in [0.4, 0.5) is 0 Å². The molecule has 0 spiro atoms. The minimum Gasteiger partial charge on any atom is -0.479 e. The first-order valence-corrected chi connectivity index (χ1v) is 2.68. The van der Waals surface area contributed by atoms with Gasteiger partial charge in [-0.05, 0) is 0 Å². The summed E-state index contributed by atoms with van der Waals surface area (Å²) >= 11 is 0. The molecular formula is C5H8O4. The molecule has 1 saturated carbocycles. The van der Waals surface area contributed by atoms with Gasteiger partial charge in [-0.25, -0.2) is 4.79 Å². The first-order valence-electron chi connectivity index (χ1n) is 2.68. The Hall–Kier alpha value is -0.610. The van der Waals surface area contributed by atoms with Gasteiger partial charge >= 0.3 is 5.97 Å². The molecule has 0 heterocycles. The Morgan fingerprint density at radius 1 is 1.56 bits per heavy atom. The SMILES string of the molecule is O=C(O)C1(O)CC(O)C1. The Balaban J connectivity index is 2.50. The number of aliphatic carboxylic acids is 1. The molecular weight excluding hydrogens is 124 g/mol. The molecule has 0 aromatic heterocycles. The predicted molar refractivity (Wildman–Crippen MR) is 27.8 cm³/mol. The molecule has 0 radical (unpaired) electrons. The Morgan fingerprint density at radius 3 is 2.11 bits per heavy atom. The van der Waals surface area contributed by atoms with Gasteiger partial charge in [-0.15, -0.1) is 0 Å². The Bertz CT molecular complexity index is 136. The van der Waals surface area contributed by atoms with E-state index in [0.717, 1.165) is 0 Å². The number of carboxylic acid groups (broad SMARTS) is 1. The zero-order valence-electron chi connectivity index (χ0n) is 4.74. The van der Waals surface area contributed by atoms with Crippen molar-refractivity contribution in [2.24, 2.45) is 0 Å². The predicted octanol–water partition coefficient (Wildman–Crippen LogP) is -1.04.